The number of nitrogens with zero attached hydrogens (tertiary/aromatic N) is 3. The summed E-state index contributed by atoms with van der Waals surface area (Å²) in [5.74, 6) is -0.285. The average Bonchev–Trinajstić information content (AvgIpc) is 3.14. The summed E-state index contributed by atoms with van der Waals surface area (Å²) in [5, 5.41) is 17.4. The van der Waals surface area contributed by atoms with Crippen LogP contribution in [0.4, 0.5) is 5.00 Å². The van der Waals surface area contributed by atoms with E-state index < -0.39 is 0 Å². The number of aromatic nitrogens is 2. The molecule has 0 saturated carbocycles. The first-order valence-electron chi connectivity index (χ1n) is 8.04. The Labute approximate surface area is 149 Å². The summed E-state index contributed by atoms with van der Waals surface area (Å²) >= 11 is 1.50. The van der Waals surface area contributed by atoms with E-state index in [0.717, 1.165) is 34.5 Å². The van der Waals surface area contributed by atoms with Gasteiger partial charge in [0.15, 0.2) is 5.69 Å². The predicted octanol–water partition coefficient (Wildman–Crippen LogP) is 3.68. The van der Waals surface area contributed by atoms with Gasteiger partial charge in [0.25, 0.3) is 5.91 Å². The summed E-state index contributed by atoms with van der Waals surface area (Å²) in [6, 6.07) is 12.2. The minimum Gasteiger partial charge on any atom is -0.311 e. The third-order valence-electron chi connectivity index (χ3n) is 4.57. The molecule has 3 aromatic rings. The van der Waals surface area contributed by atoms with Gasteiger partial charge in [0.2, 0.25) is 0 Å². The van der Waals surface area contributed by atoms with Crippen LogP contribution in [0.2, 0.25) is 0 Å². The number of fused-ring (bicyclic) bond motifs is 3. The molecule has 0 bridgehead atoms. The zero-order chi connectivity index (χ0) is 17.6. The first-order valence-corrected chi connectivity index (χ1v) is 8.86. The summed E-state index contributed by atoms with van der Waals surface area (Å²) < 4.78 is 1.66. The lowest BCUT2D eigenvalue weighted by molar-refractivity contribution is 0.102. The Morgan fingerprint density at radius 3 is 2.88 bits per heavy atom. The van der Waals surface area contributed by atoms with Gasteiger partial charge in [0.05, 0.1) is 5.56 Å². The van der Waals surface area contributed by atoms with Crippen LogP contribution in [0.5, 0.6) is 0 Å². The number of thiophene rings is 1. The van der Waals surface area contributed by atoms with Crippen LogP contribution in [-0.2, 0) is 19.9 Å². The summed E-state index contributed by atoms with van der Waals surface area (Å²) in [6.45, 7) is 1.89. The van der Waals surface area contributed by atoms with Gasteiger partial charge in [0.1, 0.15) is 11.1 Å². The number of benzene rings is 1. The SMILES string of the molecule is Cc1cc(C(=O)Nc2sc3c(c2C#N)-c2ccccc2CC3)nn1C. The van der Waals surface area contributed by atoms with E-state index in [1.807, 2.05) is 19.1 Å². The maximum Gasteiger partial charge on any atom is 0.276 e. The van der Waals surface area contributed by atoms with Crippen LogP contribution in [0.25, 0.3) is 11.1 Å². The maximum absolute atomic E-state index is 12.5. The molecule has 1 aromatic carbocycles. The molecule has 0 fully saturated rings. The predicted molar refractivity (Wildman–Crippen MR) is 97.8 cm³/mol. The molecule has 1 N–H and O–H groups in total. The monoisotopic (exact) mass is 348 g/mol. The van der Waals surface area contributed by atoms with Crippen LogP contribution >= 0.6 is 11.3 Å². The second-order valence-electron chi connectivity index (χ2n) is 6.12. The van der Waals surface area contributed by atoms with Gasteiger partial charge in [-0.25, -0.2) is 0 Å². The molecule has 1 aliphatic rings. The van der Waals surface area contributed by atoms with Crippen LogP contribution in [0.15, 0.2) is 30.3 Å². The molecule has 1 aliphatic carbocycles. The first kappa shape index (κ1) is 15.6. The van der Waals surface area contributed by atoms with Crippen LogP contribution in [0.3, 0.4) is 0 Å². The fraction of sp³-hybridized carbons (Fsp3) is 0.211. The van der Waals surface area contributed by atoms with Gasteiger partial charge < -0.3 is 5.32 Å². The van der Waals surface area contributed by atoms with Gasteiger partial charge in [-0.3, -0.25) is 9.48 Å². The quantitative estimate of drug-likeness (QED) is 0.768. The van der Waals surface area contributed by atoms with Gasteiger partial charge in [-0.15, -0.1) is 11.3 Å². The molecular weight excluding hydrogens is 332 g/mol. The van der Waals surface area contributed by atoms with Crippen LogP contribution in [0, 0.1) is 18.3 Å². The number of aryl methyl sites for hydroxylation is 4. The number of nitrogens with one attached hydrogen (secondary N) is 1. The number of nitriles is 1. The zero-order valence-electron chi connectivity index (χ0n) is 14.0. The molecule has 4 rings (SSSR count). The molecule has 0 radical (unpaired) electrons. The summed E-state index contributed by atoms with van der Waals surface area (Å²) in [5.41, 5.74) is 5.14. The minimum absolute atomic E-state index is 0.285. The number of amides is 1. The van der Waals surface area contributed by atoms with Gasteiger partial charge in [0, 0.05) is 23.2 Å². The number of carbonyl (C=O) groups is 1. The second-order valence-corrected chi connectivity index (χ2v) is 7.23. The summed E-state index contributed by atoms with van der Waals surface area (Å²) in [7, 11) is 1.80. The molecule has 6 heteroatoms. The van der Waals surface area contributed by atoms with Gasteiger partial charge in [-0.2, -0.15) is 10.4 Å². The Kier molecular flexibility index (Phi) is 3.66. The van der Waals surface area contributed by atoms with Gasteiger partial charge in [-0.05, 0) is 37.0 Å². The standard InChI is InChI=1S/C19H16N4OS/c1-11-9-15(22-23(11)2)18(24)21-19-14(10-20)17-13-6-4-3-5-12(13)7-8-16(17)25-19/h3-6,9H,7-8H2,1-2H3,(H,21,24). The highest BCUT2D eigenvalue weighted by Crippen LogP contribution is 2.44. The number of carbonyl (C=O) groups excluding carboxylic acids is 1. The largest absolute Gasteiger partial charge is 0.311 e. The van der Waals surface area contributed by atoms with Crippen molar-refractivity contribution in [1.82, 2.24) is 9.78 Å². The first-order chi connectivity index (χ1) is 12.1. The molecule has 2 aromatic heterocycles. The zero-order valence-corrected chi connectivity index (χ0v) is 14.8. The Bertz CT molecular complexity index is 1020. The highest BCUT2D eigenvalue weighted by molar-refractivity contribution is 7.17. The van der Waals surface area contributed by atoms with Crippen molar-refractivity contribution in [3.63, 3.8) is 0 Å². The second kappa shape index (κ2) is 5.87. The summed E-state index contributed by atoms with van der Waals surface area (Å²) in [4.78, 5) is 13.7. The molecular formula is C19H16N4OS. The number of hydrogen-bond donors (Lipinski definition) is 1. The van der Waals surface area contributed by atoms with Crippen LogP contribution < -0.4 is 5.32 Å². The van der Waals surface area contributed by atoms with Crippen molar-refractivity contribution in [2.24, 2.45) is 7.05 Å². The van der Waals surface area contributed by atoms with Gasteiger partial charge in [-0.1, -0.05) is 24.3 Å². The van der Waals surface area contributed by atoms with Crippen molar-refractivity contribution in [3.05, 3.63) is 57.7 Å². The summed E-state index contributed by atoms with van der Waals surface area (Å²) in [6.07, 6.45) is 1.85. The minimum atomic E-state index is -0.285. The van der Waals surface area contributed by atoms with Crippen molar-refractivity contribution >= 4 is 22.2 Å². The van der Waals surface area contributed by atoms with E-state index in [9.17, 15) is 10.1 Å². The third kappa shape index (κ3) is 2.53. The number of rotatable bonds is 2. The molecule has 0 unspecified atom stereocenters. The van der Waals surface area contributed by atoms with Gasteiger partial charge >= 0.3 is 0 Å². The molecule has 0 atom stereocenters. The smallest absolute Gasteiger partial charge is 0.276 e. The Morgan fingerprint density at radius 2 is 2.16 bits per heavy atom. The van der Waals surface area contributed by atoms with E-state index in [1.54, 1.807) is 17.8 Å². The average molecular weight is 348 g/mol. The molecule has 0 saturated heterocycles. The van der Waals surface area contributed by atoms with E-state index >= 15 is 0 Å². The van der Waals surface area contributed by atoms with Crippen molar-refractivity contribution in [3.8, 4) is 17.2 Å². The normalized spacial score (nSPS) is 12.2. The fourth-order valence-corrected chi connectivity index (χ4v) is 4.36. The van der Waals surface area contributed by atoms with E-state index in [0.29, 0.717) is 16.3 Å². The number of anilines is 1. The Balaban J connectivity index is 1.74. The van der Waals surface area contributed by atoms with Crippen molar-refractivity contribution < 1.29 is 4.79 Å². The van der Waals surface area contributed by atoms with E-state index in [1.165, 1.54) is 16.9 Å². The third-order valence-corrected chi connectivity index (χ3v) is 5.74. The molecule has 2 heterocycles. The lowest BCUT2D eigenvalue weighted by Crippen LogP contribution is -2.12. The Hall–Kier alpha value is -2.91. The van der Waals surface area contributed by atoms with E-state index in [-0.39, 0.29) is 5.91 Å². The van der Waals surface area contributed by atoms with Crippen molar-refractivity contribution in [2.45, 2.75) is 19.8 Å². The molecule has 5 nitrogen and oxygen atoms in total. The molecule has 0 spiro atoms. The lowest BCUT2D eigenvalue weighted by Gasteiger charge is -2.16. The van der Waals surface area contributed by atoms with Crippen LogP contribution in [0.1, 0.15) is 32.2 Å². The number of hydrogen-bond acceptors (Lipinski definition) is 4. The topological polar surface area (TPSA) is 70.7 Å². The van der Waals surface area contributed by atoms with Crippen LogP contribution in [-0.4, -0.2) is 15.7 Å². The molecule has 0 aliphatic heterocycles. The van der Waals surface area contributed by atoms with E-state index in [2.05, 4.69) is 28.6 Å². The molecule has 25 heavy (non-hydrogen) atoms. The highest BCUT2D eigenvalue weighted by Gasteiger charge is 2.26. The fourth-order valence-electron chi connectivity index (χ4n) is 3.20. The van der Waals surface area contributed by atoms with Crippen molar-refractivity contribution in [1.29, 1.82) is 5.26 Å². The van der Waals surface area contributed by atoms with Crippen molar-refractivity contribution in [2.75, 3.05) is 5.32 Å². The maximum atomic E-state index is 12.5. The highest BCUT2D eigenvalue weighted by atomic mass is 32.1. The lowest BCUT2D eigenvalue weighted by atomic mass is 9.88. The molecule has 1 amide bonds. The molecule has 124 valence electrons. The van der Waals surface area contributed by atoms with E-state index in [4.69, 9.17) is 0 Å². The Morgan fingerprint density at radius 1 is 1.36 bits per heavy atom.